The molecule has 0 aliphatic heterocycles. The number of alkyl halides is 2. The van der Waals surface area contributed by atoms with E-state index in [1.54, 1.807) is 0 Å². The van der Waals surface area contributed by atoms with Gasteiger partial charge in [-0.2, -0.15) is 0 Å². The predicted molar refractivity (Wildman–Crippen MR) is 95.7 cm³/mol. The van der Waals surface area contributed by atoms with E-state index in [2.05, 4.69) is 31.9 Å². The Hall–Kier alpha value is -0.100. The smallest absolute Gasteiger partial charge is 0.305 e. The molecular weight excluding hydrogens is 416 g/mol. The summed E-state index contributed by atoms with van der Waals surface area (Å²) >= 11 is 6.75. The first-order valence-corrected chi connectivity index (χ1v) is 10.4. The van der Waals surface area contributed by atoms with Crippen molar-refractivity contribution in [3.8, 4) is 0 Å². The first-order valence-electron chi connectivity index (χ1n) is 8.14. The molecule has 0 atom stereocenters. The number of hydrogen-bond donors (Lipinski definition) is 0. The fourth-order valence-corrected chi connectivity index (χ4v) is 2.68. The van der Waals surface area contributed by atoms with Gasteiger partial charge in [-0.1, -0.05) is 57.5 Å². The fraction of sp³-hybridized carbons (Fsp3) is 0.875. The summed E-state index contributed by atoms with van der Waals surface area (Å²) in [6.07, 6.45) is 9.25. The highest BCUT2D eigenvalue weighted by Gasteiger charge is 2.05. The maximum atomic E-state index is 11.4. The van der Waals surface area contributed by atoms with Crippen molar-refractivity contribution in [3.63, 3.8) is 0 Å². The summed E-state index contributed by atoms with van der Waals surface area (Å²) in [7, 11) is 0. The van der Waals surface area contributed by atoms with Crippen LogP contribution in [0.1, 0.15) is 64.2 Å². The van der Waals surface area contributed by atoms with Crippen LogP contribution in [0, 0.1) is 0 Å². The molecule has 4 nitrogen and oxygen atoms in total. The first-order chi connectivity index (χ1) is 10.7. The molecule has 0 aromatic rings. The van der Waals surface area contributed by atoms with E-state index in [1.807, 2.05) is 0 Å². The Balaban J connectivity index is 3.32. The second-order valence-corrected chi connectivity index (χ2v) is 6.73. The van der Waals surface area contributed by atoms with Gasteiger partial charge in [0.15, 0.2) is 0 Å². The van der Waals surface area contributed by atoms with E-state index in [9.17, 15) is 9.59 Å². The first kappa shape index (κ1) is 21.9. The number of carbonyl (C=O) groups is 2. The minimum atomic E-state index is -0.204. The van der Waals surface area contributed by atoms with Crippen molar-refractivity contribution in [1.29, 1.82) is 0 Å². The van der Waals surface area contributed by atoms with Gasteiger partial charge in [-0.25, -0.2) is 0 Å². The van der Waals surface area contributed by atoms with Gasteiger partial charge < -0.3 is 9.47 Å². The lowest BCUT2D eigenvalue weighted by Crippen LogP contribution is -2.13. The number of carbonyl (C=O) groups excluding carboxylic acids is 2. The van der Waals surface area contributed by atoms with Crippen LogP contribution in [0.5, 0.6) is 0 Å². The molecule has 0 unspecified atom stereocenters. The summed E-state index contributed by atoms with van der Waals surface area (Å²) in [5.74, 6) is -0.408. The van der Waals surface area contributed by atoms with Crippen LogP contribution in [0.2, 0.25) is 0 Å². The quantitative estimate of drug-likeness (QED) is 0.208. The van der Waals surface area contributed by atoms with Crippen LogP contribution >= 0.6 is 31.9 Å². The molecule has 6 heteroatoms. The molecule has 0 radical (unpaired) electrons. The molecule has 0 aromatic carbocycles. The van der Waals surface area contributed by atoms with Gasteiger partial charge in [-0.15, -0.1) is 0 Å². The lowest BCUT2D eigenvalue weighted by Gasteiger charge is -2.06. The maximum Gasteiger partial charge on any atom is 0.305 e. The molecule has 0 rings (SSSR count). The molecule has 0 fully saturated rings. The van der Waals surface area contributed by atoms with E-state index in [-0.39, 0.29) is 25.2 Å². The topological polar surface area (TPSA) is 52.6 Å². The van der Waals surface area contributed by atoms with Crippen molar-refractivity contribution >= 4 is 43.8 Å². The largest absolute Gasteiger partial charge is 0.462 e. The van der Waals surface area contributed by atoms with Gasteiger partial charge in [0.05, 0.1) is 0 Å². The van der Waals surface area contributed by atoms with E-state index in [0.717, 1.165) is 62.0 Å². The number of hydrogen-bond acceptors (Lipinski definition) is 4. The molecular formula is C16H28Br2O4. The average molecular weight is 444 g/mol. The normalized spacial score (nSPS) is 10.5. The molecule has 0 aliphatic carbocycles. The molecule has 0 aromatic heterocycles. The van der Waals surface area contributed by atoms with E-state index >= 15 is 0 Å². The number of halogens is 2. The maximum absolute atomic E-state index is 11.4. The monoisotopic (exact) mass is 442 g/mol. The molecule has 0 aliphatic rings. The van der Waals surface area contributed by atoms with E-state index < -0.39 is 0 Å². The Kier molecular flexibility index (Phi) is 17.2. The van der Waals surface area contributed by atoms with Crippen LogP contribution in [0.3, 0.4) is 0 Å². The number of ether oxygens (including phenoxy) is 2. The lowest BCUT2D eigenvalue weighted by atomic mass is 10.1. The Morgan fingerprint density at radius 2 is 0.955 bits per heavy atom. The molecule has 0 bridgehead atoms. The van der Waals surface area contributed by atoms with Gasteiger partial charge in [0, 0.05) is 23.5 Å². The SMILES string of the molecule is O=C(CCCCCCBr)OCCOC(=O)CCCCCCBr. The second-order valence-electron chi connectivity index (χ2n) is 5.15. The lowest BCUT2D eigenvalue weighted by molar-refractivity contribution is -0.152. The van der Waals surface area contributed by atoms with Crippen molar-refractivity contribution in [2.75, 3.05) is 23.9 Å². The highest BCUT2D eigenvalue weighted by atomic mass is 79.9. The van der Waals surface area contributed by atoms with Crippen molar-refractivity contribution in [1.82, 2.24) is 0 Å². The average Bonchev–Trinajstić information content (AvgIpc) is 2.51. The van der Waals surface area contributed by atoms with E-state index in [0.29, 0.717) is 12.8 Å². The molecule has 0 saturated heterocycles. The molecule has 22 heavy (non-hydrogen) atoms. The van der Waals surface area contributed by atoms with Crippen LogP contribution in [-0.4, -0.2) is 35.8 Å². The van der Waals surface area contributed by atoms with E-state index in [4.69, 9.17) is 9.47 Å². The minimum Gasteiger partial charge on any atom is -0.462 e. The van der Waals surface area contributed by atoms with Crippen molar-refractivity contribution in [2.45, 2.75) is 64.2 Å². The van der Waals surface area contributed by atoms with Gasteiger partial charge >= 0.3 is 11.9 Å². The van der Waals surface area contributed by atoms with Crippen LogP contribution in [0.15, 0.2) is 0 Å². The van der Waals surface area contributed by atoms with Crippen molar-refractivity contribution in [3.05, 3.63) is 0 Å². The number of unbranched alkanes of at least 4 members (excludes halogenated alkanes) is 6. The van der Waals surface area contributed by atoms with Gasteiger partial charge in [0.1, 0.15) is 13.2 Å². The van der Waals surface area contributed by atoms with Gasteiger partial charge in [-0.05, 0) is 25.7 Å². The van der Waals surface area contributed by atoms with Gasteiger partial charge in [0.2, 0.25) is 0 Å². The fourth-order valence-electron chi connectivity index (χ4n) is 1.89. The molecule has 0 N–H and O–H groups in total. The number of rotatable bonds is 15. The highest BCUT2D eigenvalue weighted by Crippen LogP contribution is 2.06. The second kappa shape index (κ2) is 17.3. The zero-order valence-corrected chi connectivity index (χ0v) is 16.5. The van der Waals surface area contributed by atoms with Crippen LogP contribution in [0.25, 0.3) is 0 Å². The zero-order valence-electron chi connectivity index (χ0n) is 13.3. The van der Waals surface area contributed by atoms with Gasteiger partial charge in [0.25, 0.3) is 0 Å². The van der Waals surface area contributed by atoms with Crippen molar-refractivity contribution < 1.29 is 19.1 Å². The third-order valence-corrected chi connectivity index (χ3v) is 4.26. The Morgan fingerprint density at radius 3 is 1.32 bits per heavy atom. The predicted octanol–water partition coefficient (Wildman–Crippen LogP) is 4.76. The van der Waals surface area contributed by atoms with Crippen LogP contribution < -0.4 is 0 Å². The summed E-state index contributed by atoms with van der Waals surface area (Å²) < 4.78 is 10.1. The summed E-state index contributed by atoms with van der Waals surface area (Å²) in [4.78, 5) is 22.8. The Bertz CT molecular complexity index is 257. The Labute approximate surface area is 150 Å². The summed E-state index contributed by atoms with van der Waals surface area (Å²) in [6.45, 7) is 0.325. The molecule has 0 amide bonds. The summed E-state index contributed by atoms with van der Waals surface area (Å²) in [5, 5.41) is 2.03. The summed E-state index contributed by atoms with van der Waals surface area (Å²) in [6, 6.07) is 0. The Morgan fingerprint density at radius 1 is 0.591 bits per heavy atom. The third-order valence-electron chi connectivity index (χ3n) is 3.14. The van der Waals surface area contributed by atoms with Crippen LogP contribution in [0.4, 0.5) is 0 Å². The molecule has 0 spiro atoms. The zero-order chi connectivity index (χ0) is 16.5. The van der Waals surface area contributed by atoms with Crippen molar-refractivity contribution in [2.24, 2.45) is 0 Å². The molecule has 0 heterocycles. The third kappa shape index (κ3) is 16.3. The standard InChI is InChI=1S/C16H28Br2O4/c17-11-7-3-1-5-9-15(19)21-13-14-22-16(20)10-6-2-4-8-12-18/h1-14H2. The van der Waals surface area contributed by atoms with Crippen LogP contribution in [-0.2, 0) is 19.1 Å². The van der Waals surface area contributed by atoms with Gasteiger partial charge in [-0.3, -0.25) is 9.59 Å². The molecule has 130 valence electrons. The minimum absolute atomic E-state index is 0.162. The molecule has 0 saturated carbocycles. The summed E-state index contributed by atoms with van der Waals surface area (Å²) in [5.41, 5.74) is 0. The highest BCUT2D eigenvalue weighted by molar-refractivity contribution is 9.09. The van der Waals surface area contributed by atoms with E-state index in [1.165, 1.54) is 0 Å². The number of esters is 2.